The lowest BCUT2D eigenvalue weighted by atomic mass is 9.84. The van der Waals surface area contributed by atoms with Crippen LogP contribution in [0.2, 0.25) is 5.02 Å². The summed E-state index contributed by atoms with van der Waals surface area (Å²) in [4.78, 5) is 12.2. The van der Waals surface area contributed by atoms with E-state index in [0.717, 1.165) is 0 Å². The Morgan fingerprint density at radius 3 is 2.58 bits per heavy atom. The van der Waals surface area contributed by atoms with Gasteiger partial charge < -0.3 is 19.8 Å². The van der Waals surface area contributed by atoms with E-state index < -0.39 is 11.7 Å². The highest BCUT2D eigenvalue weighted by Gasteiger charge is 2.37. The Hall–Kier alpha value is -1.46. The molecule has 0 bridgehead atoms. The van der Waals surface area contributed by atoms with E-state index in [2.05, 4.69) is 0 Å². The Labute approximate surface area is 116 Å². The van der Waals surface area contributed by atoms with Gasteiger partial charge in [0.2, 0.25) is 0 Å². The first-order valence-electron chi connectivity index (χ1n) is 6.00. The number of aliphatic hydroxyl groups is 1. The zero-order valence-electron chi connectivity index (χ0n) is 10.6. The van der Waals surface area contributed by atoms with Crippen molar-refractivity contribution in [3.63, 3.8) is 0 Å². The Balaban J connectivity index is 2.26. The standard InChI is InChI=1S/C13H16ClNO4/c1-19-11-3-2-9(14)8-10(11)13(18)4-6-15(7-5-13)12(16)17/h2-3,8,18H,4-7H2,1H3,(H,16,17). The maximum absolute atomic E-state index is 10.9. The number of ether oxygens (including phenoxy) is 1. The maximum atomic E-state index is 10.9. The van der Waals surface area contributed by atoms with Gasteiger partial charge in [-0.2, -0.15) is 0 Å². The maximum Gasteiger partial charge on any atom is 0.407 e. The van der Waals surface area contributed by atoms with Gasteiger partial charge in [0.15, 0.2) is 0 Å². The molecule has 104 valence electrons. The lowest BCUT2D eigenvalue weighted by Crippen LogP contribution is -2.44. The van der Waals surface area contributed by atoms with Gasteiger partial charge in [0.25, 0.3) is 0 Å². The molecule has 6 heteroatoms. The van der Waals surface area contributed by atoms with Crippen molar-refractivity contribution in [2.24, 2.45) is 0 Å². The Bertz CT molecular complexity index is 484. The molecule has 1 aromatic rings. The molecule has 0 unspecified atom stereocenters. The van der Waals surface area contributed by atoms with Crippen molar-refractivity contribution >= 4 is 17.7 Å². The van der Waals surface area contributed by atoms with Gasteiger partial charge in [-0.15, -0.1) is 0 Å². The first kappa shape index (κ1) is 14.0. The van der Waals surface area contributed by atoms with E-state index in [-0.39, 0.29) is 0 Å². The highest BCUT2D eigenvalue weighted by Crippen LogP contribution is 2.39. The van der Waals surface area contributed by atoms with Gasteiger partial charge >= 0.3 is 6.09 Å². The van der Waals surface area contributed by atoms with Crippen LogP contribution in [0.4, 0.5) is 4.79 Å². The zero-order valence-corrected chi connectivity index (χ0v) is 11.4. The Morgan fingerprint density at radius 1 is 1.42 bits per heavy atom. The fourth-order valence-corrected chi connectivity index (χ4v) is 2.55. The summed E-state index contributed by atoms with van der Waals surface area (Å²) in [5, 5.41) is 20.2. The van der Waals surface area contributed by atoms with Gasteiger partial charge in [-0.3, -0.25) is 0 Å². The molecule has 2 rings (SSSR count). The summed E-state index contributed by atoms with van der Waals surface area (Å²) < 4.78 is 5.24. The number of carbonyl (C=O) groups is 1. The van der Waals surface area contributed by atoms with E-state index in [1.807, 2.05) is 0 Å². The molecule has 0 radical (unpaired) electrons. The molecular weight excluding hydrogens is 270 g/mol. The molecule has 1 saturated heterocycles. The van der Waals surface area contributed by atoms with Crippen molar-refractivity contribution in [1.82, 2.24) is 4.90 Å². The molecule has 0 spiro atoms. The van der Waals surface area contributed by atoms with Crippen LogP contribution in [0, 0.1) is 0 Å². The molecule has 1 fully saturated rings. The van der Waals surface area contributed by atoms with Crippen molar-refractivity contribution in [1.29, 1.82) is 0 Å². The summed E-state index contributed by atoms with van der Waals surface area (Å²) in [7, 11) is 1.53. The van der Waals surface area contributed by atoms with Crippen LogP contribution in [-0.2, 0) is 5.60 Å². The fourth-order valence-electron chi connectivity index (χ4n) is 2.38. The molecule has 1 aliphatic rings. The molecule has 1 aromatic carbocycles. The molecule has 0 atom stereocenters. The number of benzene rings is 1. The van der Waals surface area contributed by atoms with E-state index >= 15 is 0 Å². The van der Waals surface area contributed by atoms with E-state index in [1.165, 1.54) is 12.0 Å². The third kappa shape index (κ3) is 2.77. The average molecular weight is 286 g/mol. The summed E-state index contributed by atoms with van der Waals surface area (Å²) >= 11 is 5.96. The molecular formula is C13H16ClNO4. The van der Waals surface area contributed by atoms with Crippen LogP contribution in [0.3, 0.4) is 0 Å². The average Bonchev–Trinajstić information content (AvgIpc) is 2.39. The summed E-state index contributed by atoms with van der Waals surface area (Å²) in [5.74, 6) is 0.565. The van der Waals surface area contributed by atoms with E-state index in [0.29, 0.717) is 42.3 Å². The number of halogens is 1. The third-order valence-corrected chi connectivity index (χ3v) is 3.76. The number of piperidine rings is 1. The van der Waals surface area contributed by atoms with Crippen molar-refractivity contribution < 1.29 is 19.7 Å². The lowest BCUT2D eigenvalue weighted by molar-refractivity contribution is -0.0228. The minimum atomic E-state index is -1.10. The summed E-state index contributed by atoms with van der Waals surface area (Å²) in [6.07, 6.45) is -0.299. The number of rotatable bonds is 2. The normalized spacial score (nSPS) is 18.2. The summed E-state index contributed by atoms with van der Waals surface area (Å²) in [5.41, 5.74) is -0.477. The number of nitrogens with zero attached hydrogens (tertiary/aromatic N) is 1. The molecule has 1 heterocycles. The highest BCUT2D eigenvalue weighted by molar-refractivity contribution is 6.30. The van der Waals surface area contributed by atoms with Gasteiger partial charge in [-0.05, 0) is 31.0 Å². The second-order valence-electron chi connectivity index (χ2n) is 4.65. The van der Waals surface area contributed by atoms with Crippen molar-refractivity contribution in [3.05, 3.63) is 28.8 Å². The van der Waals surface area contributed by atoms with Gasteiger partial charge in [-0.1, -0.05) is 11.6 Å². The fraction of sp³-hybridized carbons (Fsp3) is 0.462. The quantitative estimate of drug-likeness (QED) is 0.875. The second-order valence-corrected chi connectivity index (χ2v) is 5.08. The number of hydrogen-bond acceptors (Lipinski definition) is 3. The molecule has 0 aliphatic carbocycles. The first-order valence-corrected chi connectivity index (χ1v) is 6.38. The van der Waals surface area contributed by atoms with Crippen LogP contribution >= 0.6 is 11.6 Å². The van der Waals surface area contributed by atoms with Crippen LogP contribution in [0.5, 0.6) is 5.75 Å². The number of likely N-dealkylation sites (tertiary alicyclic amines) is 1. The van der Waals surface area contributed by atoms with E-state index in [9.17, 15) is 9.90 Å². The number of hydrogen-bond donors (Lipinski definition) is 2. The molecule has 5 nitrogen and oxygen atoms in total. The molecule has 0 saturated carbocycles. The molecule has 1 aliphatic heterocycles. The van der Waals surface area contributed by atoms with Gasteiger partial charge in [0.1, 0.15) is 5.75 Å². The second kappa shape index (κ2) is 5.27. The predicted molar refractivity (Wildman–Crippen MR) is 70.7 cm³/mol. The van der Waals surface area contributed by atoms with Gasteiger partial charge in [-0.25, -0.2) is 4.79 Å². The van der Waals surface area contributed by atoms with E-state index in [4.69, 9.17) is 21.4 Å². The SMILES string of the molecule is COc1ccc(Cl)cc1C1(O)CCN(C(=O)O)CC1. The van der Waals surface area contributed by atoms with Crippen molar-refractivity contribution in [2.45, 2.75) is 18.4 Å². The van der Waals surface area contributed by atoms with Crippen LogP contribution in [-0.4, -0.2) is 41.4 Å². The topological polar surface area (TPSA) is 70.0 Å². The number of methoxy groups -OCH3 is 1. The summed E-state index contributed by atoms with van der Waals surface area (Å²) in [6, 6.07) is 5.08. The first-order chi connectivity index (χ1) is 8.96. The lowest BCUT2D eigenvalue weighted by Gasteiger charge is -2.37. The number of carboxylic acid groups (broad SMARTS) is 1. The molecule has 1 amide bonds. The smallest absolute Gasteiger partial charge is 0.407 e. The monoisotopic (exact) mass is 285 g/mol. The molecule has 2 N–H and O–H groups in total. The zero-order chi connectivity index (χ0) is 14.0. The summed E-state index contributed by atoms with van der Waals surface area (Å²) in [6.45, 7) is 0.586. The molecule has 0 aromatic heterocycles. The van der Waals surface area contributed by atoms with Gasteiger partial charge in [0.05, 0.1) is 12.7 Å². The van der Waals surface area contributed by atoms with Crippen molar-refractivity contribution in [2.75, 3.05) is 20.2 Å². The Morgan fingerprint density at radius 2 is 2.05 bits per heavy atom. The van der Waals surface area contributed by atoms with E-state index in [1.54, 1.807) is 18.2 Å². The Kier molecular flexibility index (Phi) is 3.87. The van der Waals surface area contributed by atoms with Crippen LogP contribution in [0.1, 0.15) is 18.4 Å². The minimum Gasteiger partial charge on any atom is -0.496 e. The highest BCUT2D eigenvalue weighted by atomic mass is 35.5. The third-order valence-electron chi connectivity index (χ3n) is 3.52. The van der Waals surface area contributed by atoms with Gasteiger partial charge in [0, 0.05) is 23.7 Å². The van der Waals surface area contributed by atoms with Crippen LogP contribution < -0.4 is 4.74 Å². The largest absolute Gasteiger partial charge is 0.496 e. The van der Waals surface area contributed by atoms with Crippen LogP contribution in [0.15, 0.2) is 18.2 Å². The van der Waals surface area contributed by atoms with Crippen LogP contribution in [0.25, 0.3) is 0 Å². The number of amides is 1. The molecule has 19 heavy (non-hydrogen) atoms. The minimum absolute atomic E-state index is 0.293. The predicted octanol–water partition coefficient (Wildman–Crippen LogP) is 2.31. The van der Waals surface area contributed by atoms with Crippen molar-refractivity contribution in [3.8, 4) is 5.75 Å².